The molecule has 2 aromatic rings. The van der Waals surface area contributed by atoms with Gasteiger partial charge < -0.3 is 20.9 Å². The van der Waals surface area contributed by atoms with Crippen LogP contribution in [0.1, 0.15) is 37.9 Å². The Labute approximate surface area is 178 Å². The van der Waals surface area contributed by atoms with Crippen LogP contribution in [0.15, 0.2) is 59.8 Å². The Morgan fingerprint density at radius 1 is 1.03 bits per heavy atom. The molecule has 0 radical (unpaired) electrons. The molecule has 3 N–H and O–H groups in total. The van der Waals surface area contributed by atoms with Crippen LogP contribution >= 0.6 is 12.2 Å². The summed E-state index contributed by atoms with van der Waals surface area (Å²) in [5.74, 6) is -0.147. The van der Waals surface area contributed by atoms with Crippen molar-refractivity contribution >= 4 is 34.6 Å². The maximum atomic E-state index is 13.1. The molecule has 0 aliphatic carbocycles. The van der Waals surface area contributed by atoms with Crippen molar-refractivity contribution in [1.29, 1.82) is 0 Å². The average Bonchev–Trinajstić information content (AvgIpc) is 2.70. The molecule has 2 aromatic carbocycles. The van der Waals surface area contributed by atoms with Crippen molar-refractivity contribution < 1.29 is 4.79 Å². The lowest BCUT2D eigenvalue weighted by Gasteiger charge is -2.31. The summed E-state index contributed by atoms with van der Waals surface area (Å²) in [5, 5.41) is 9.86. The first-order chi connectivity index (χ1) is 13.9. The first-order valence-corrected chi connectivity index (χ1v) is 10.3. The van der Waals surface area contributed by atoms with Gasteiger partial charge in [0.05, 0.1) is 11.6 Å². The molecule has 0 bridgehead atoms. The molecule has 1 aliphatic rings. The van der Waals surface area contributed by atoms with Crippen LogP contribution in [0.4, 0.5) is 11.4 Å². The minimum Gasteiger partial charge on any atom is -0.372 e. The molecule has 1 unspecified atom stereocenters. The van der Waals surface area contributed by atoms with Gasteiger partial charge in [-0.3, -0.25) is 4.79 Å². The fourth-order valence-electron chi connectivity index (χ4n) is 3.55. The van der Waals surface area contributed by atoms with Crippen molar-refractivity contribution in [1.82, 2.24) is 10.6 Å². The number of anilines is 2. The van der Waals surface area contributed by atoms with Crippen molar-refractivity contribution in [2.24, 2.45) is 0 Å². The van der Waals surface area contributed by atoms with E-state index in [0.717, 1.165) is 35.6 Å². The second-order valence-electron chi connectivity index (χ2n) is 7.15. The van der Waals surface area contributed by atoms with Gasteiger partial charge in [0, 0.05) is 30.2 Å². The van der Waals surface area contributed by atoms with Gasteiger partial charge >= 0.3 is 0 Å². The quantitative estimate of drug-likeness (QED) is 0.623. The minimum absolute atomic E-state index is 0.147. The number of nitrogens with one attached hydrogen (secondary N) is 3. The monoisotopic (exact) mass is 408 g/mol. The second-order valence-corrected chi connectivity index (χ2v) is 7.56. The zero-order valence-electron chi connectivity index (χ0n) is 17.4. The highest BCUT2D eigenvalue weighted by atomic mass is 32.1. The van der Waals surface area contributed by atoms with Crippen LogP contribution in [0.3, 0.4) is 0 Å². The van der Waals surface area contributed by atoms with Crippen LogP contribution in [0.5, 0.6) is 0 Å². The van der Waals surface area contributed by atoms with Gasteiger partial charge in [0.2, 0.25) is 0 Å². The Kier molecular flexibility index (Phi) is 6.54. The summed E-state index contributed by atoms with van der Waals surface area (Å²) in [6.45, 7) is 10.1. The third-order valence-electron chi connectivity index (χ3n) is 5.18. The number of allylic oxidation sites excluding steroid dienone is 1. The van der Waals surface area contributed by atoms with E-state index in [1.807, 2.05) is 38.1 Å². The van der Waals surface area contributed by atoms with Gasteiger partial charge in [-0.2, -0.15) is 0 Å². The van der Waals surface area contributed by atoms with E-state index < -0.39 is 0 Å². The molecule has 1 heterocycles. The van der Waals surface area contributed by atoms with Crippen LogP contribution in [-0.2, 0) is 4.79 Å². The van der Waals surface area contributed by atoms with E-state index in [-0.39, 0.29) is 11.9 Å². The minimum atomic E-state index is -0.306. The molecule has 152 valence electrons. The predicted octanol–water partition coefficient (Wildman–Crippen LogP) is 4.27. The van der Waals surface area contributed by atoms with Gasteiger partial charge in [0.1, 0.15) is 0 Å². The highest BCUT2D eigenvalue weighted by Gasteiger charge is 2.30. The van der Waals surface area contributed by atoms with Gasteiger partial charge in [-0.15, -0.1) is 0 Å². The van der Waals surface area contributed by atoms with Gasteiger partial charge in [0.25, 0.3) is 5.91 Å². The molecule has 0 aromatic heterocycles. The fourth-order valence-corrected chi connectivity index (χ4v) is 3.82. The summed E-state index contributed by atoms with van der Waals surface area (Å²) in [4.78, 5) is 15.4. The summed E-state index contributed by atoms with van der Waals surface area (Å²) in [5.41, 5.74) is 5.48. The Hall–Kier alpha value is -2.86. The first kappa shape index (κ1) is 20.9. The molecule has 0 spiro atoms. The maximum Gasteiger partial charge on any atom is 0.255 e. The molecular weight excluding hydrogens is 380 g/mol. The van der Waals surface area contributed by atoms with E-state index in [4.69, 9.17) is 12.2 Å². The number of amides is 1. The summed E-state index contributed by atoms with van der Waals surface area (Å²) in [6.07, 6.45) is 0. The van der Waals surface area contributed by atoms with Crippen molar-refractivity contribution in [2.75, 3.05) is 23.3 Å². The highest BCUT2D eigenvalue weighted by Crippen LogP contribution is 2.29. The molecule has 1 aliphatic heterocycles. The van der Waals surface area contributed by atoms with E-state index in [0.29, 0.717) is 10.7 Å². The van der Waals surface area contributed by atoms with Crippen molar-refractivity contribution in [3.8, 4) is 0 Å². The maximum absolute atomic E-state index is 13.1. The number of nitrogens with zero attached hydrogens (tertiary/aromatic N) is 1. The van der Waals surface area contributed by atoms with E-state index >= 15 is 0 Å². The summed E-state index contributed by atoms with van der Waals surface area (Å²) in [7, 11) is 0. The molecule has 1 amide bonds. The van der Waals surface area contributed by atoms with Crippen LogP contribution < -0.4 is 20.9 Å². The fraction of sp³-hybridized carbons (Fsp3) is 0.304. The lowest BCUT2D eigenvalue weighted by molar-refractivity contribution is -0.113. The smallest absolute Gasteiger partial charge is 0.255 e. The number of aryl methyl sites for hydroxylation is 1. The van der Waals surface area contributed by atoms with Gasteiger partial charge in [0.15, 0.2) is 5.11 Å². The average molecular weight is 409 g/mol. The number of carbonyl (C=O) groups is 1. The molecule has 0 saturated carbocycles. The second kappa shape index (κ2) is 9.09. The number of hydrogen-bond donors (Lipinski definition) is 3. The molecule has 3 rings (SSSR count). The summed E-state index contributed by atoms with van der Waals surface area (Å²) in [6, 6.07) is 15.8. The third-order valence-corrected chi connectivity index (χ3v) is 5.40. The van der Waals surface area contributed by atoms with Gasteiger partial charge in [-0.05, 0) is 69.7 Å². The number of benzene rings is 2. The van der Waals surface area contributed by atoms with E-state index in [2.05, 4.69) is 59.0 Å². The molecular formula is C23H28N4OS. The van der Waals surface area contributed by atoms with Gasteiger partial charge in [-0.25, -0.2) is 0 Å². The molecule has 0 fully saturated rings. The van der Waals surface area contributed by atoms with Crippen molar-refractivity contribution in [3.63, 3.8) is 0 Å². The van der Waals surface area contributed by atoms with E-state index in [9.17, 15) is 4.79 Å². The normalized spacial score (nSPS) is 16.1. The third kappa shape index (κ3) is 4.77. The zero-order chi connectivity index (χ0) is 21.0. The Balaban J connectivity index is 1.89. The van der Waals surface area contributed by atoms with Crippen LogP contribution in [0.2, 0.25) is 0 Å². The lowest BCUT2D eigenvalue weighted by Crippen LogP contribution is -2.45. The first-order valence-electron chi connectivity index (χ1n) is 9.94. The Morgan fingerprint density at radius 2 is 1.66 bits per heavy atom. The number of hydrogen-bond acceptors (Lipinski definition) is 3. The SMILES string of the molecule is CCN(CC)c1ccc(C2NC(=S)NC(C)=C2C(=O)Nc2ccc(C)cc2)cc1. The Morgan fingerprint density at radius 3 is 2.24 bits per heavy atom. The molecule has 6 heteroatoms. The topological polar surface area (TPSA) is 56.4 Å². The summed E-state index contributed by atoms with van der Waals surface area (Å²) < 4.78 is 0. The van der Waals surface area contributed by atoms with Crippen LogP contribution in [-0.4, -0.2) is 24.1 Å². The number of carbonyl (C=O) groups excluding carboxylic acids is 1. The molecule has 29 heavy (non-hydrogen) atoms. The molecule has 1 atom stereocenters. The molecule has 0 saturated heterocycles. The van der Waals surface area contributed by atoms with Crippen LogP contribution in [0.25, 0.3) is 0 Å². The van der Waals surface area contributed by atoms with Crippen LogP contribution in [0, 0.1) is 6.92 Å². The largest absolute Gasteiger partial charge is 0.372 e. The number of thiocarbonyl (C=S) groups is 1. The van der Waals surface area contributed by atoms with Crippen molar-refractivity contribution in [3.05, 3.63) is 70.9 Å². The zero-order valence-corrected chi connectivity index (χ0v) is 18.2. The number of rotatable bonds is 6. The summed E-state index contributed by atoms with van der Waals surface area (Å²) >= 11 is 5.35. The lowest BCUT2D eigenvalue weighted by atomic mass is 9.94. The standard InChI is InChI=1S/C23H28N4OS/c1-5-27(6-2)19-13-9-17(10-14-19)21-20(16(4)24-23(29)26-21)22(28)25-18-11-7-15(3)8-12-18/h7-14,21H,5-6H2,1-4H3,(H,25,28)(H2,24,26,29). The molecule has 5 nitrogen and oxygen atoms in total. The van der Waals surface area contributed by atoms with Crippen molar-refractivity contribution in [2.45, 2.75) is 33.7 Å². The Bertz CT molecular complexity index is 915. The highest BCUT2D eigenvalue weighted by molar-refractivity contribution is 7.80. The van der Waals surface area contributed by atoms with E-state index in [1.54, 1.807) is 0 Å². The predicted molar refractivity (Wildman–Crippen MR) is 124 cm³/mol. The van der Waals surface area contributed by atoms with Gasteiger partial charge in [-0.1, -0.05) is 29.8 Å². The van der Waals surface area contributed by atoms with E-state index in [1.165, 1.54) is 5.69 Å².